The summed E-state index contributed by atoms with van der Waals surface area (Å²) in [7, 11) is 1.68. The summed E-state index contributed by atoms with van der Waals surface area (Å²) in [5.74, 6) is 2.14. The molecule has 2 aromatic rings. The Balaban J connectivity index is 1.77. The lowest BCUT2D eigenvalue weighted by atomic mass is 10.1. The normalized spacial score (nSPS) is 11.4. The van der Waals surface area contributed by atoms with Crippen molar-refractivity contribution in [3.63, 3.8) is 0 Å². The molecule has 0 amide bonds. The van der Waals surface area contributed by atoms with Crippen LogP contribution in [0.4, 0.5) is 5.69 Å². The third-order valence-corrected chi connectivity index (χ3v) is 3.54. The Hall–Kier alpha value is -2.69. The van der Waals surface area contributed by atoms with Gasteiger partial charge in [-0.3, -0.25) is 4.99 Å². The summed E-state index contributed by atoms with van der Waals surface area (Å²) in [6, 6.07) is 15.8. The molecule has 2 rings (SSSR count). The van der Waals surface area contributed by atoms with E-state index in [2.05, 4.69) is 16.4 Å². The maximum atomic E-state index is 5.94. The van der Waals surface area contributed by atoms with E-state index >= 15 is 0 Å². The van der Waals surface area contributed by atoms with Crippen LogP contribution in [0.3, 0.4) is 0 Å². The molecule has 0 aliphatic carbocycles. The molecule has 0 saturated heterocycles. The highest BCUT2D eigenvalue weighted by molar-refractivity contribution is 5.92. The van der Waals surface area contributed by atoms with Crippen molar-refractivity contribution in [2.24, 2.45) is 10.7 Å². The highest BCUT2D eigenvalue weighted by atomic mass is 16.5. The van der Waals surface area contributed by atoms with Gasteiger partial charge in [-0.25, -0.2) is 0 Å². The lowest BCUT2D eigenvalue weighted by Crippen LogP contribution is -2.22. The Morgan fingerprint density at radius 2 is 1.88 bits per heavy atom. The van der Waals surface area contributed by atoms with Crippen molar-refractivity contribution in [2.75, 3.05) is 19.0 Å². The predicted octanol–water partition coefficient (Wildman–Crippen LogP) is 3.84. The molecule has 0 heterocycles. The number of methoxy groups -OCH3 is 1. The first-order valence-corrected chi connectivity index (χ1v) is 8.53. The number of aliphatic imine (C=N–C) groups is 1. The van der Waals surface area contributed by atoms with Gasteiger partial charge in [-0.05, 0) is 68.7 Å². The van der Waals surface area contributed by atoms with Crippen molar-refractivity contribution < 1.29 is 9.47 Å². The lowest BCUT2D eigenvalue weighted by Gasteiger charge is -2.11. The Morgan fingerprint density at radius 3 is 2.56 bits per heavy atom. The maximum Gasteiger partial charge on any atom is 0.193 e. The number of aryl methyl sites for hydroxylation is 1. The van der Waals surface area contributed by atoms with Crippen molar-refractivity contribution in [1.29, 1.82) is 0 Å². The molecule has 0 aliphatic rings. The number of rotatable bonds is 8. The maximum absolute atomic E-state index is 5.94. The van der Waals surface area contributed by atoms with E-state index in [4.69, 9.17) is 15.2 Å². The third kappa shape index (κ3) is 6.75. The van der Waals surface area contributed by atoms with Crippen LogP contribution in [0.5, 0.6) is 11.5 Å². The molecular formula is C20H27N3O2. The molecule has 0 fully saturated rings. The molecule has 3 N–H and O–H groups in total. The van der Waals surface area contributed by atoms with Gasteiger partial charge in [-0.2, -0.15) is 0 Å². The molecule has 2 aromatic carbocycles. The van der Waals surface area contributed by atoms with Crippen LogP contribution in [-0.2, 0) is 6.42 Å². The second-order valence-corrected chi connectivity index (χ2v) is 6.04. The molecule has 25 heavy (non-hydrogen) atoms. The van der Waals surface area contributed by atoms with Crippen LogP contribution in [0.2, 0.25) is 0 Å². The minimum Gasteiger partial charge on any atom is -0.497 e. The summed E-state index contributed by atoms with van der Waals surface area (Å²) in [6.07, 6.45) is 2.03. The summed E-state index contributed by atoms with van der Waals surface area (Å²) in [4.78, 5) is 4.37. The molecule has 0 unspecified atom stereocenters. The molecule has 0 radical (unpaired) electrons. The molecule has 134 valence electrons. The molecule has 0 spiro atoms. The summed E-state index contributed by atoms with van der Waals surface area (Å²) >= 11 is 0. The fourth-order valence-electron chi connectivity index (χ4n) is 2.39. The van der Waals surface area contributed by atoms with E-state index in [1.54, 1.807) is 7.11 Å². The van der Waals surface area contributed by atoms with Crippen LogP contribution in [0.1, 0.15) is 25.8 Å². The largest absolute Gasteiger partial charge is 0.497 e. The second kappa shape index (κ2) is 9.57. The number of benzene rings is 2. The number of nitrogens with zero attached hydrogens (tertiary/aromatic N) is 1. The van der Waals surface area contributed by atoms with E-state index in [1.165, 1.54) is 5.56 Å². The van der Waals surface area contributed by atoms with Crippen molar-refractivity contribution in [3.05, 3.63) is 54.1 Å². The summed E-state index contributed by atoms with van der Waals surface area (Å²) in [5.41, 5.74) is 8.07. The first kappa shape index (κ1) is 18.6. The van der Waals surface area contributed by atoms with E-state index in [0.29, 0.717) is 12.5 Å². The zero-order chi connectivity index (χ0) is 18.1. The van der Waals surface area contributed by atoms with Crippen LogP contribution < -0.4 is 20.5 Å². The number of nitrogens with two attached hydrogens (primary N) is 1. The van der Waals surface area contributed by atoms with Crippen molar-refractivity contribution >= 4 is 11.6 Å². The van der Waals surface area contributed by atoms with Gasteiger partial charge in [0.15, 0.2) is 5.96 Å². The molecule has 0 bridgehead atoms. The van der Waals surface area contributed by atoms with Gasteiger partial charge in [0.05, 0.1) is 13.2 Å². The van der Waals surface area contributed by atoms with Gasteiger partial charge in [0.25, 0.3) is 0 Å². The summed E-state index contributed by atoms with van der Waals surface area (Å²) in [5, 5.41) is 3.09. The minimum absolute atomic E-state index is 0.162. The monoisotopic (exact) mass is 341 g/mol. The molecule has 0 aromatic heterocycles. The van der Waals surface area contributed by atoms with E-state index in [-0.39, 0.29) is 6.10 Å². The van der Waals surface area contributed by atoms with Gasteiger partial charge in [0.1, 0.15) is 11.5 Å². The first-order valence-electron chi connectivity index (χ1n) is 8.53. The summed E-state index contributed by atoms with van der Waals surface area (Å²) in [6.45, 7) is 4.68. The number of hydrogen-bond donors (Lipinski definition) is 2. The van der Waals surface area contributed by atoms with Gasteiger partial charge < -0.3 is 20.5 Å². The van der Waals surface area contributed by atoms with Crippen molar-refractivity contribution in [1.82, 2.24) is 0 Å². The SMILES string of the molecule is COc1cccc(CCCN=C(N)Nc2ccc(OC(C)C)cc2)c1. The van der Waals surface area contributed by atoms with Gasteiger partial charge in [-0.1, -0.05) is 12.1 Å². The van der Waals surface area contributed by atoms with Crippen LogP contribution in [0.15, 0.2) is 53.5 Å². The topological polar surface area (TPSA) is 68.9 Å². The zero-order valence-corrected chi connectivity index (χ0v) is 15.2. The van der Waals surface area contributed by atoms with Crippen LogP contribution in [0.25, 0.3) is 0 Å². The molecule has 0 aliphatic heterocycles. The predicted molar refractivity (Wildman–Crippen MR) is 104 cm³/mol. The fraction of sp³-hybridized carbons (Fsp3) is 0.350. The number of hydrogen-bond acceptors (Lipinski definition) is 3. The number of guanidine groups is 1. The summed E-state index contributed by atoms with van der Waals surface area (Å²) < 4.78 is 10.8. The van der Waals surface area contributed by atoms with E-state index < -0.39 is 0 Å². The average molecular weight is 341 g/mol. The van der Waals surface area contributed by atoms with Crippen LogP contribution in [0, 0.1) is 0 Å². The quantitative estimate of drug-likeness (QED) is 0.435. The highest BCUT2D eigenvalue weighted by Crippen LogP contribution is 2.17. The molecular weight excluding hydrogens is 314 g/mol. The highest BCUT2D eigenvalue weighted by Gasteiger charge is 2.00. The Bertz CT molecular complexity index is 682. The van der Waals surface area contributed by atoms with Gasteiger partial charge >= 0.3 is 0 Å². The number of anilines is 1. The van der Waals surface area contributed by atoms with Gasteiger partial charge in [0, 0.05) is 12.2 Å². The van der Waals surface area contributed by atoms with Crippen molar-refractivity contribution in [2.45, 2.75) is 32.8 Å². The molecule has 0 atom stereocenters. The Kier molecular flexibility index (Phi) is 7.14. The van der Waals surface area contributed by atoms with Crippen LogP contribution >= 0.6 is 0 Å². The third-order valence-electron chi connectivity index (χ3n) is 3.54. The van der Waals surface area contributed by atoms with E-state index in [0.717, 1.165) is 30.0 Å². The fourth-order valence-corrected chi connectivity index (χ4v) is 2.39. The Morgan fingerprint density at radius 1 is 1.12 bits per heavy atom. The molecule has 0 saturated carbocycles. The smallest absolute Gasteiger partial charge is 0.193 e. The average Bonchev–Trinajstić information content (AvgIpc) is 2.60. The zero-order valence-electron chi connectivity index (χ0n) is 15.2. The lowest BCUT2D eigenvalue weighted by molar-refractivity contribution is 0.242. The Labute approximate surface area is 149 Å². The molecule has 5 heteroatoms. The first-order chi connectivity index (χ1) is 12.1. The van der Waals surface area contributed by atoms with Gasteiger partial charge in [-0.15, -0.1) is 0 Å². The number of nitrogens with one attached hydrogen (secondary N) is 1. The van der Waals surface area contributed by atoms with Crippen LogP contribution in [-0.4, -0.2) is 25.7 Å². The minimum atomic E-state index is 0.162. The van der Waals surface area contributed by atoms with Crippen molar-refractivity contribution in [3.8, 4) is 11.5 Å². The second-order valence-electron chi connectivity index (χ2n) is 6.04. The molecule has 5 nitrogen and oxygen atoms in total. The standard InChI is InChI=1S/C20H27N3O2/c1-15(2)25-18-11-9-17(10-12-18)23-20(21)22-13-5-7-16-6-4-8-19(14-16)24-3/h4,6,8-12,14-15H,5,7,13H2,1-3H3,(H3,21,22,23). The number of ether oxygens (including phenoxy) is 2. The van der Waals surface area contributed by atoms with Gasteiger partial charge in [0.2, 0.25) is 0 Å². The van der Waals surface area contributed by atoms with E-state index in [9.17, 15) is 0 Å². The van der Waals surface area contributed by atoms with E-state index in [1.807, 2.05) is 56.3 Å².